The summed E-state index contributed by atoms with van der Waals surface area (Å²) in [6.07, 6.45) is 1.45. The number of ether oxygens (including phenoxy) is 1. The van der Waals surface area contributed by atoms with E-state index in [9.17, 15) is 14.4 Å². The van der Waals surface area contributed by atoms with Gasteiger partial charge in [-0.3, -0.25) is 9.59 Å². The van der Waals surface area contributed by atoms with Gasteiger partial charge in [-0.1, -0.05) is 30.3 Å². The van der Waals surface area contributed by atoms with Crippen LogP contribution < -0.4 is 10.6 Å². The zero-order valence-corrected chi connectivity index (χ0v) is 13.0. The molecule has 0 bridgehead atoms. The minimum atomic E-state index is -0.754. The molecule has 0 aliphatic carbocycles. The van der Waals surface area contributed by atoms with E-state index >= 15 is 0 Å². The van der Waals surface area contributed by atoms with Crippen LogP contribution in [0.1, 0.15) is 26.3 Å². The first-order valence-electron chi connectivity index (χ1n) is 6.98. The predicted octanol–water partition coefficient (Wildman–Crippen LogP) is 1.35. The lowest BCUT2D eigenvalue weighted by Gasteiger charge is -2.19. The van der Waals surface area contributed by atoms with Crippen LogP contribution in [0.2, 0.25) is 0 Å². The zero-order chi connectivity index (χ0) is 16.6. The van der Waals surface area contributed by atoms with E-state index in [1.807, 2.05) is 30.3 Å². The first-order chi connectivity index (χ1) is 10.3. The maximum Gasteiger partial charge on any atom is 0.408 e. The van der Waals surface area contributed by atoms with Gasteiger partial charge in [0.1, 0.15) is 12.1 Å². The second-order valence-corrected chi connectivity index (χ2v) is 5.78. The Morgan fingerprint density at radius 3 is 2.41 bits per heavy atom. The first-order valence-corrected chi connectivity index (χ1v) is 6.98. The molecule has 0 aliphatic heterocycles. The molecule has 1 atom stereocenters. The Morgan fingerprint density at radius 1 is 1.23 bits per heavy atom. The highest BCUT2D eigenvalue weighted by atomic mass is 16.6. The molecule has 6 nitrogen and oxygen atoms in total. The SMILES string of the molecule is CC(C)(C)OC(=O)NCC(=O)NC([C]=O)Cc1ccccc1. The molecule has 1 rings (SSSR count). The van der Waals surface area contributed by atoms with Gasteiger partial charge >= 0.3 is 6.09 Å². The standard InChI is InChI=1S/C16H21N2O4/c1-16(2,3)22-15(21)17-10-14(20)18-13(11-19)9-12-7-5-4-6-8-12/h4-8,13H,9-10H2,1-3H3,(H,17,21)(H,18,20). The van der Waals surface area contributed by atoms with Crippen LogP contribution in [0.25, 0.3) is 0 Å². The summed E-state index contributed by atoms with van der Waals surface area (Å²) in [5, 5.41) is 4.83. The molecule has 2 amide bonds. The number of hydrogen-bond donors (Lipinski definition) is 2. The van der Waals surface area contributed by atoms with Crippen molar-refractivity contribution in [2.24, 2.45) is 0 Å². The smallest absolute Gasteiger partial charge is 0.408 e. The second kappa shape index (κ2) is 8.17. The van der Waals surface area contributed by atoms with E-state index in [-0.39, 0.29) is 6.54 Å². The van der Waals surface area contributed by atoms with Gasteiger partial charge in [-0.2, -0.15) is 0 Å². The summed E-state index contributed by atoms with van der Waals surface area (Å²) in [5.74, 6) is -0.477. The highest BCUT2D eigenvalue weighted by Crippen LogP contribution is 2.06. The van der Waals surface area contributed by atoms with Gasteiger partial charge < -0.3 is 15.4 Å². The Hall–Kier alpha value is -2.37. The number of carbonyl (C=O) groups is 2. The molecule has 0 heterocycles. The van der Waals surface area contributed by atoms with Gasteiger partial charge in [-0.05, 0) is 26.3 Å². The molecule has 119 valence electrons. The molecule has 1 unspecified atom stereocenters. The fourth-order valence-corrected chi connectivity index (χ4v) is 1.68. The minimum absolute atomic E-state index is 0.262. The summed E-state index contributed by atoms with van der Waals surface area (Å²) in [5.41, 5.74) is 0.281. The zero-order valence-electron chi connectivity index (χ0n) is 13.0. The third-order valence-corrected chi connectivity index (χ3v) is 2.55. The minimum Gasteiger partial charge on any atom is -0.444 e. The lowest BCUT2D eigenvalue weighted by molar-refractivity contribution is -0.120. The molecular formula is C16H21N2O4. The summed E-state index contributed by atoms with van der Waals surface area (Å²) < 4.78 is 5.01. The average molecular weight is 305 g/mol. The molecule has 0 saturated carbocycles. The largest absolute Gasteiger partial charge is 0.444 e. The molecule has 1 aromatic rings. The molecule has 0 aromatic heterocycles. The van der Waals surface area contributed by atoms with Crippen molar-refractivity contribution in [2.45, 2.75) is 38.8 Å². The topological polar surface area (TPSA) is 84.5 Å². The Bertz CT molecular complexity index is 509. The van der Waals surface area contributed by atoms with Crippen molar-refractivity contribution in [1.82, 2.24) is 10.6 Å². The molecule has 0 aliphatic rings. The summed E-state index contributed by atoms with van der Waals surface area (Å²) in [7, 11) is 0. The van der Waals surface area contributed by atoms with Gasteiger partial charge in [-0.25, -0.2) is 4.79 Å². The quantitative estimate of drug-likeness (QED) is 0.831. The van der Waals surface area contributed by atoms with Crippen molar-refractivity contribution in [3.05, 3.63) is 35.9 Å². The Labute approximate surface area is 130 Å². The van der Waals surface area contributed by atoms with Gasteiger partial charge in [0.25, 0.3) is 0 Å². The van der Waals surface area contributed by atoms with Gasteiger partial charge in [-0.15, -0.1) is 0 Å². The number of rotatable bonds is 6. The molecular weight excluding hydrogens is 284 g/mol. The third-order valence-electron chi connectivity index (χ3n) is 2.55. The molecule has 0 fully saturated rings. The van der Waals surface area contributed by atoms with Gasteiger partial charge in [0.15, 0.2) is 0 Å². The van der Waals surface area contributed by atoms with E-state index in [0.29, 0.717) is 6.42 Å². The molecule has 1 radical (unpaired) electrons. The van der Waals surface area contributed by atoms with Crippen molar-refractivity contribution in [1.29, 1.82) is 0 Å². The van der Waals surface area contributed by atoms with Crippen molar-refractivity contribution in [3.8, 4) is 0 Å². The van der Waals surface area contributed by atoms with Crippen LogP contribution in [0.3, 0.4) is 0 Å². The Balaban J connectivity index is 2.39. The number of amides is 2. The van der Waals surface area contributed by atoms with Crippen LogP contribution in [-0.2, 0) is 20.7 Å². The van der Waals surface area contributed by atoms with E-state index in [1.165, 1.54) is 0 Å². The van der Waals surface area contributed by atoms with Crippen LogP contribution in [0, 0.1) is 0 Å². The lowest BCUT2D eigenvalue weighted by Crippen LogP contribution is -2.44. The molecule has 6 heteroatoms. The lowest BCUT2D eigenvalue weighted by atomic mass is 10.1. The fourth-order valence-electron chi connectivity index (χ4n) is 1.68. The van der Waals surface area contributed by atoms with Gasteiger partial charge in [0, 0.05) is 6.42 Å². The summed E-state index contributed by atoms with van der Waals surface area (Å²) in [6.45, 7) is 4.92. The Kier molecular flexibility index (Phi) is 6.56. The fraction of sp³-hybridized carbons (Fsp3) is 0.438. The van der Waals surface area contributed by atoms with Crippen molar-refractivity contribution >= 4 is 18.3 Å². The monoisotopic (exact) mass is 305 g/mol. The van der Waals surface area contributed by atoms with Crippen molar-refractivity contribution in [2.75, 3.05) is 6.54 Å². The number of alkyl carbamates (subject to hydrolysis) is 1. The molecule has 22 heavy (non-hydrogen) atoms. The van der Waals surface area contributed by atoms with Crippen LogP contribution in [0.4, 0.5) is 4.79 Å². The number of benzene rings is 1. The number of nitrogens with one attached hydrogen (secondary N) is 2. The predicted molar refractivity (Wildman–Crippen MR) is 82.0 cm³/mol. The van der Waals surface area contributed by atoms with E-state index in [4.69, 9.17) is 4.74 Å². The van der Waals surface area contributed by atoms with E-state index in [2.05, 4.69) is 10.6 Å². The number of hydrogen-bond acceptors (Lipinski definition) is 4. The summed E-state index contributed by atoms with van der Waals surface area (Å²) in [4.78, 5) is 34.1. The van der Waals surface area contributed by atoms with Crippen LogP contribution >= 0.6 is 0 Å². The molecule has 0 spiro atoms. The number of carbonyl (C=O) groups excluding carboxylic acids is 3. The van der Waals surface area contributed by atoms with Gasteiger partial charge in [0.05, 0.1) is 6.04 Å². The normalized spacial score (nSPS) is 12.1. The van der Waals surface area contributed by atoms with E-state index in [0.717, 1.165) is 5.56 Å². The third kappa shape index (κ3) is 7.42. The van der Waals surface area contributed by atoms with Crippen molar-refractivity contribution in [3.63, 3.8) is 0 Å². The Morgan fingerprint density at radius 2 is 1.86 bits per heavy atom. The second-order valence-electron chi connectivity index (χ2n) is 5.78. The van der Waals surface area contributed by atoms with Crippen LogP contribution in [0.15, 0.2) is 30.3 Å². The highest BCUT2D eigenvalue weighted by molar-refractivity contribution is 5.84. The first kappa shape index (κ1) is 17.7. The van der Waals surface area contributed by atoms with E-state index in [1.54, 1.807) is 27.1 Å². The van der Waals surface area contributed by atoms with Gasteiger partial charge in [0.2, 0.25) is 12.2 Å². The molecule has 1 aromatic carbocycles. The molecule has 2 N–H and O–H groups in total. The van der Waals surface area contributed by atoms with Crippen LogP contribution in [0.5, 0.6) is 0 Å². The maximum atomic E-state index is 11.7. The van der Waals surface area contributed by atoms with Crippen molar-refractivity contribution < 1.29 is 19.1 Å². The van der Waals surface area contributed by atoms with E-state index < -0.39 is 23.6 Å². The maximum absolute atomic E-state index is 11.7. The average Bonchev–Trinajstić information content (AvgIpc) is 2.44. The summed E-state index contributed by atoms with van der Waals surface area (Å²) in [6, 6.07) is 8.53. The molecule has 0 saturated heterocycles. The summed E-state index contributed by atoms with van der Waals surface area (Å²) >= 11 is 0. The highest BCUT2D eigenvalue weighted by Gasteiger charge is 2.18. The van der Waals surface area contributed by atoms with Crippen LogP contribution in [-0.4, -0.2) is 36.5 Å².